The molecule has 0 atom stereocenters. The number of aromatic amines is 1. The summed E-state index contributed by atoms with van der Waals surface area (Å²) in [5.41, 5.74) is 7.34. The van der Waals surface area contributed by atoms with Crippen molar-refractivity contribution in [3.8, 4) is 17.0 Å². The molecule has 0 unspecified atom stereocenters. The zero-order valence-electron chi connectivity index (χ0n) is 8.31. The number of nitrogens with zero attached hydrogens (tertiary/aromatic N) is 1. The third-order valence-electron chi connectivity index (χ3n) is 2.04. The van der Waals surface area contributed by atoms with Crippen LogP contribution in [-0.4, -0.2) is 23.3 Å². The lowest BCUT2D eigenvalue weighted by Crippen LogP contribution is -2.10. The van der Waals surface area contributed by atoms with E-state index in [0.29, 0.717) is 13.2 Å². The maximum Gasteiger partial charge on any atom is 0.119 e. The molecule has 0 amide bonds. The molecule has 0 saturated heterocycles. The normalized spacial score (nSPS) is 10.2. The Hall–Kier alpha value is -1.81. The van der Waals surface area contributed by atoms with Gasteiger partial charge in [0.25, 0.3) is 0 Å². The Labute approximate surface area is 88.1 Å². The van der Waals surface area contributed by atoms with Crippen LogP contribution in [0.4, 0.5) is 0 Å². The van der Waals surface area contributed by atoms with Crippen molar-refractivity contribution < 1.29 is 4.74 Å². The largest absolute Gasteiger partial charge is 0.492 e. The molecule has 15 heavy (non-hydrogen) atoms. The van der Waals surface area contributed by atoms with Gasteiger partial charge in [0.15, 0.2) is 0 Å². The molecular formula is C11H13N3O. The van der Waals surface area contributed by atoms with Crippen LogP contribution in [0, 0.1) is 0 Å². The second kappa shape index (κ2) is 4.61. The topological polar surface area (TPSA) is 63.9 Å². The SMILES string of the molecule is NCCOc1ccc(-c2cc[nH]n2)cc1. The Morgan fingerprint density at radius 1 is 1.20 bits per heavy atom. The Morgan fingerprint density at radius 3 is 2.60 bits per heavy atom. The summed E-state index contributed by atoms with van der Waals surface area (Å²) in [6.45, 7) is 1.07. The minimum absolute atomic E-state index is 0.529. The van der Waals surface area contributed by atoms with Crippen molar-refractivity contribution in [1.29, 1.82) is 0 Å². The number of hydrogen-bond acceptors (Lipinski definition) is 3. The summed E-state index contributed by atoms with van der Waals surface area (Å²) in [6.07, 6.45) is 1.80. The number of hydrogen-bond donors (Lipinski definition) is 2. The summed E-state index contributed by atoms with van der Waals surface area (Å²) in [5, 5.41) is 6.87. The number of rotatable bonds is 4. The molecule has 78 valence electrons. The van der Waals surface area contributed by atoms with E-state index < -0.39 is 0 Å². The van der Waals surface area contributed by atoms with E-state index in [4.69, 9.17) is 10.5 Å². The van der Waals surface area contributed by atoms with Crippen molar-refractivity contribution in [3.63, 3.8) is 0 Å². The molecule has 4 heteroatoms. The molecule has 2 rings (SSSR count). The second-order valence-electron chi connectivity index (χ2n) is 3.12. The average molecular weight is 203 g/mol. The predicted octanol–water partition coefficient (Wildman–Crippen LogP) is 1.41. The molecule has 0 fully saturated rings. The predicted molar refractivity (Wildman–Crippen MR) is 58.6 cm³/mol. The quantitative estimate of drug-likeness (QED) is 0.789. The Kier molecular flexibility index (Phi) is 2.99. The molecule has 0 spiro atoms. The minimum atomic E-state index is 0.529. The van der Waals surface area contributed by atoms with Gasteiger partial charge in [-0.25, -0.2) is 0 Å². The maximum absolute atomic E-state index is 5.37. The lowest BCUT2D eigenvalue weighted by atomic mass is 10.1. The third-order valence-corrected chi connectivity index (χ3v) is 2.04. The highest BCUT2D eigenvalue weighted by molar-refractivity contribution is 5.59. The van der Waals surface area contributed by atoms with Crippen molar-refractivity contribution >= 4 is 0 Å². The van der Waals surface area contributed by atoms with Crippen LogP contribution in [0.25, 0.3) is 11.3 Å². The van der Waals surface area contributed by atoms with Gasteiger partial charge in [-0.15, -0.1) is 0 Å². The number of benzene rings is 1. The molecule has 4 nitrogen and oxygen atoms in total. The summed E-state index contributed by atoms with van der Waals surface area (Å²) in [5.74, 6) is 0.833. The average Bonchev–Trinajstić information content (AvgIpc) is 2.80. The highest BCUT2D eigenvalue weighted by Gasteiger charge is 1.99. The number of nitrogens with one attached hydrogen (secondary N) is 1. The molecule has 1 heterocycles. The summed E-state index contributed by atoms with van der Waals surface area (Å²) >= 11 is 0. The Balaban J connectivity index is 2.11. The van der Waals surface area contributed by atoms with Crippen LogP contribution in [0.5, 0.6) is 5.75 Å². The Bertz CT molecular complexity index is 394. The van der Waals surface area contributed by atoms with Gasteiger partial charge < -0.3 is 10.5 Å². The van der Waals surface area contributed by atoms with Crippen molar-refractivity contribution in [1.82, 2.24) is 10.2 Å². The zero-order chi connectivity index (χ0) is 10.5. The van der Waals surface area contributed by atoms with E-state index in [1.54, 1.807) is 6.20 Å². The van der Waals surface area contributed by atoms with Crippen molar-refractivity contribution in [2.75, 3.05) is 13.2 Å². The van der Waals surface area contributed by atoms with Crippen molar-refractivity contribution in [3.05, 3.63) is 36.5 Å². The van der Waals surface area contributed by atoms with Gasteiger partial charge in [0, 0.05) is 18.3 Å². The monoisotopic (exact) mass is 203 g/mol. The highest BCUT2D eigenvalue weighted by atomic mass is 16.5. The van der Waals surface area contributed by atoms with Crippen LogP contribution in [-0.2, 0) is 0 Å². The maximum atomic E-state index is 5.37. The van der Waals surface area contributed by atoms with Crippen molar-refractivity contribution in [2.45, 2.75) is 0 Å². The third kappa shape index (κ3) is 2.35. The van der Waals surface area contributed by atoms with Crippen LogP contribution in [0.2, 0.25) is 0 Å². The summed E-state index contributed by atoms with van der Waals surface area (Å²) in [6, 6.07) is 9.71. The Morgan fingerprint density at radius 2 is 2.00 bits per heavy atom. The number of aromatic nitrogens is 2. The van der Waals surface area contributed by atoms with Gasteiger partial charge in [-0.1, -0.05) is 0 Å². The first-order chi connectivity index (χ1) is 7.40. The van der Waals surface area contributed by atoms with E-state index in [9.17, 15) is 0 Å². The van der Waals surface area contributed by atoms with Crippen LogP contribution >= 0.6 is 0 Å². The fraction of sp³-hybridized carbons (Fsp3) is 0.182. The van der Waals surface area contributed by atoms with E-state index in [2.05, 4.69) is 10.2 Å². The van der Waals surface area contributed by atoms with E-state index in [1.165, 1.54) is 0 Å². The number of H-pyrrole nitrogens is 1. The van der Waals surface area contributed by atoms with Gasteiger partial charge in [0.1, 0.15) is 12.4 Å². The lowest BCUT2D eigenvalue weighted by molar-refractivity contribution is 0.328. The van der Waals surface area contributed by atoms with Gasteiger partial charge in [-0.2, -0.15) is 5.10 Å². The summed E-state index contributed by atoms with van der Waals surface area (Å²) in [4.78, 5) is 0. The summed E-state index contributed by atoms with van der Waals surface area (Å²) < 4.78 is 5.37. The molecule has 1 aromatic carbocycles. The van der Waals surface area contributed by atoms with Gasteiger partial charge in [-0.05, 0) is 30.3 Å². The number of ether oxygens (including phenoxy) is 1. The molecule has 0 aliphatic heterocycles. The standard InChI is InChI=1S/C11H13N3O/c12-6-8-15-10-3-1-9(2-4-10)11-5-7-13-14-11/h1-5,7H,6,8,12H2,(H,13,14). The minimum Gasteiger partial charge on any atom is -0.492 e. The number of nitrogens with two attached hydrogens (primary N) is 1. The van der Waals surface area contributed by atoms with E-state index >= 15 is 0 Å². The van der Waals surface area contributed by atoms with E-state index in [0.717, 1.165) is 17.0 Å². The first-order valence-corrected chi connectivity index (χ1v) is 4.83. The molecule has 1 aromatic heterocycles. The highest BCUT2D eigenvalue weighted by Crippen LogP contribution is 2.19. The second-order valence-corrected chi connectivity index (χ2v) is 3.12. The van der Waals surface area contributed by atoms with Crippen LogP contribution < -0.4 is 10.5 Å². The van der Waals surface area contributed by atoms with Crippen molar-refractivity contribution in [2.24, 2.45) is 5.73 Å². The fourth-order valence-corrected chi connectivity index (χ4v) is 1.32. The van der Waals surface area contributed by atoms with Gasteiger partial charge in [-0.3, -0.25) is 5.10 Å². The van der Waals surface area contributed by atoms with Crippen LogP contribution in [0.15, 0.2) is 36.5 Å². The molecule has 2 aromatic rings. The van der Waals surface area contributed by atoms with Gasteiger partial charge >= 0.3 is 0 Å². The molecular weight excluding hydrogens is 190 g/mol. The molecule has 0 radical (unpaired) electrons. The first-order valence-electron chi connectivity index (χ1n) is 4.83. The molecule has 3 N–H and O–H groups in total. The van der Waals surface area contributed by atoms with E-state index in [1.807, 2.05) is 30.3 Å². The first kappa shape index (κ1) is 9.73. The molecule has 0 aliphatic carbocycles. The lowest BCUT2D eigenvalue weighted by Gasteiger charge is -2.04. The molecule has 0 saturated carbocycles. The molecule has 0 bridgehead atoms. The molecule has 0 aliphatic rings. The van der Waals surface area contributed by atoms with Crippen LogP contribution in [0.3, 0.4) is 0 Å². The van der Waals surface area contributed by atoms with E-state index in [-0.39, 0.29) is 0 Å². The van der Waals surface area contributed by atoms with Crippen LogP contribution in [0.1, 0.15) is 0 Å². The fourth-order valence-electron chi connectivity index (χ4n) is 1.32. The zero-order valence-corrected chi connectivity index (χ0v) is 8.31. The smallest absolute Gasteiger partial charge is 0.119 e. The summed E-state index contributed by atoms with van der Waals surface area (Å²) in [7, 11) is 0. The van der Waals surface area contributed by atoms with Gasteiger partial charge in [0.2, 0.25) is 0 Å². The van der Waals surface area contributed by atoms with Gasteiger partial charge in [0.05, 0.1) is 5.69 Å².